The molecule has 0 aromatic carbocycles. The van der Waals surface area contributed by atoms with Gasteiger partial charge in [-0.1, -0.05) is 6.42 Å². The number of likely N-dealkylation sites (tertiary alicyclic amines) is 2. The summed E-state index contributed by atoms with van der Waals surface area (Å²) in [7, 11) is 0. The third-order valence-electron chi connectivity index (χ3n) is 8.64. The van der Waals surface area contributed by atoms with Gasteiger partial charge in [-0.15, -0.1) is 0 Å². The van der Waals surface area contributed by atoms with Gasteiger partial charge in [0, 0.05) is 24.5 Å². The molecule has 3 fully saturated rings. The molecule has 2 aromatic heterocycles. The summed E-state index contributed by atoms with van der Waals surface area (Å²) in [6.07, 6.45) is 6.83. The number of nitrogens with one attached hydrogen (secondary N) is 2. The van der Waals surface area contributed by atoms with Gasteiger partial charge in [0.1, 0.15) is 24.2 Å². The fourth-order valence-corrected chi connectivity index (χ4v) is 6.52. The van der Waals surface area contributed by atoms with Gasteiger partial charge < -0.3 is 26.0 Å². The van der Waals surface area contributed by atoms with Crippen LogP contribution in [0.4, 0.5) is 10.2 Å². The van der Waals surface area contributed by atoms with Crippen LogP contribution in [0.2, 0.25) is 0 Å². The van der Waals surface area contributed by atoms with E-state index in [0.29, 0.717) is 36.2 Å². The zero-order valence-corrected chi connectivity index (χ0v) is 21.6. The standard InChI is InChI=1S/C27H37FN6O4/c28-15-18(29)16-4-6-17(7-5-16)26(36)34-13-10-22(33-11-2-1-3-12-33)24(34)25(35)32-23-9-8-19-20(31-23)14-21(30-19)27(37)38/h8-9,14,16-18,22,24,30H,1-7,10-13,15,29H2,(H,37,38)(H,31,32,35)/t16?,17?,18-,22-,24+/m1/s1. The number of aromatic carboxylic acids is 1. The first kappa shape index (κ1) is 26.6. The largest absolute Gasteiger partial charge is 0.477 e. The Morgan fingerprint density at radius 2 is 1.84 bits per heavy atom. The zero-order valence-electron chi connectivity index (χ0n) is 21.6. The molecule has 1 aliphatic carbocycles. The first-order valence-electron chi connectivity index (χ1n) is 13.8. The number of piperidine rings is 1. The van der Waals surface area contributed by atoms with Gasteiger partial charge in [0.15, 0.2) is 0 Å². The fraction of sp³-hybridized carbons (Fsp3) is 0.630. The van der Waals surface area contributed by atoms with E-state index < -0.39 is 24.7 Å². The molecule has 11 heteroatoms. The molecule has 5 N–H and O–H groups in total. The third kappa shape index (κ3) is 5.40. The van der Waals surface area contributed by atoms with E-state index in [9.17, 15) is 23.9 Å². The number of carboxylic acid groups (broad SMARTS) is 1. The number of aromatic nitrogens is 2. The Kier molecular flexibility index (Phi) is 7.94. The van der Waals surface area contributed by atoms with E-state index in [-0.39, 0.29) is 35.4 Å². The van der Waals surface area contributed by atoms with E-state index in [1.807, 2.05) is 0 Å². The molecular formula is C27H37FN6O4. The van der Waals surface area contributed by atoms with Crippen LogP contribution < -0.4 is 11.1 Å². The molecular weight excluding hydrogens is 491 g/mol. The van der Waals surface area contributed by atoms with Crippen molar-refractivity contribution in [1.29, 1.82) is 0 Å². The summed E-state index contributed by atoms with van der Waals surface area (Å²) in [5.41, 5.74) is 6.94. The number of aromatic amines is 1. The van der Waals surface area contributed by atoms with E-state index in [0.717, 1.165) is 45.2 Å². The van der Waals surface area contributed by atoms with Crippen molar-refractivity contribution in [2.75, 3.05) is 31.6 Å². The zero-order chi connectivity index (χ0) is 26.8. The molecule has 10 nitrogen and oxygen atoms in total. The van der Waals surface area contributed by atoms with Crippen LogP contribution in [0.15, 0.2) is 18.2 Å². The third-order valence-corrected chi connectivity index (χ3v) is 8.64. The lowest BCUT2D eigenvalue weighted by Crippen LogP contribution is -2.55. The number of pyridine rings is 1. The van der Waals surface area contributed by atoms with Gasteiger partial charge in [0.25, 0.3) is 0 Å². The van der Waals surface area contributed by atoms with Gasteiger partial charge >= 0.3 is 5.97 Å². The number of fused-ring (bicyclic) bond motifs is 1. The highest BCUT2D eigenvalue weighted by Gasteiger charge is 2.46. The van der Waals surface area contributed by atoms with Crippen LogP contribution in [0, 0.1) is 11.8 Å². The first-order valence-corrected chi connectivity index (χ1v) is 13.8. The molecule has 2 aliphatic heterocycles. The van der Waals surface area contributed by atoms with Gasteiger partial charge in [0.05, 0.1) is 11.0 Å². The Hall–Kier alpha value is -3.05. The quantitative estimate of drug-likeness (QED) is 0.432. The van der Waals surface area contributed by atoms with Gasteiger partial charge in [-0.2, -0.15) is 0 Å². The molecule has 2 aromatic rings. The molecule has 3 atom stereocenters. The smallest absolute Gasteiger partial charge is 0.352 e. The molecule has 206 valence electrons. The number of hydrogen-bond acceptors (Lipinski definition) is 6. The summed E-state index contributed by atoms with van der Waals surface area (Å²) in [6.45, 7) is 1.80. The van der Waals surface area contributed by atoms with Crippen molar-refractivity contribution in [3.8, 4) is 0 Å². The van der Waals surface area contributed by atoms with Crippen LogP contribution in [-0.2, 0) is 9.59 Å². The fourth-order valence-electron chi connectivity index (χ4n) is 6.52. The molecule has 2 amide bonds. The van der Waals surface area contributed by atoms with Gasteiger partial charge in [-0.3, -0.25) is 14.5 Å². The summed E-state index contributed by atoms with van der Waals surface area (Å²) in [4.78, 5) is 50.1. The van der Waals surface area contributed by atoms with Gasteiger partial charge in [-0.05, 0) is 82.2 Å². The van der Waals surface area contributed by atoms with E-state index in [1.54, 1.807) is 17.0 Å². The first-order chi connectivity index (χ1) is 18.4. The van der Waals surface area contributed by atoms with Crippen molar-refractivity contribution in [3.05, 3.63) is 23.9 Å². The van der Waals surface area contributed by atoms with Crippen molar-refractivity contribution in [2.24, 2.45) is 17.6 Å². The molecule has 3 aliphatic rings. The Labute approximate surface area is 221 Å². The second-order valence-electron chi connectivity index (χ2n) is 11.0. The number of amides is 2. The summed E-state index contributed by atoms with van der Waals surface area (Å²) >= 11 is 0. The predicted molar refractivity (Wildman–Crippen MR) is 140 cm³/mol. The number of nitrogens with zero attached hydrogens (tertiary/aromatic N) is 3. The Morgan fingerprint density at radius 1 is 1.11 bits per heavy atom. The number of rotatable bonds is 7. The number of anilines is 1. The molecule has 5 rings (SSSR count). The molecule has 0 radical (unpaired) electrons. The van der Waals surface area contributed by atoms with Crippen molar-refractivity contribution < 1.29 is 23.9 Å². The number of H-pyrrole nitrogens is 1. The second kappa shape index (κ2) is 11.4. The van der Waals surface area contributed by atoms with Crippen molar-refractivity contribution in [1.82, 2.24) is 19.8 Å². The lowest BCUT2D eigenvalue weighted by Gasteiger charge is -2.38. The number of alkyl halides is 1. The molecule has 0 spiro atoms. The van der Waals surface area contributed by atoms with Crippen LogP contribution >= 0.6 is 0 Å². The molecule has 0 unspecified atom stereocenters. The number of carboxylic acids is 1. The van der Waals surface area contributed by atoms with Crippen LogP contribution in [0.5, 0.6) is 0 Å². The van der Waals surface area contributed by atoms with Crippen molar-refractivity contribution >= 4 is 34.6 Å². The normalized spacial score (nSPS) is 27.4. The molecule has 4 heterocycles. The molecule has 1 saturated carbocycles. The summed E-state index contributed by atoms with van der Waals surface area (Å²) in [5.74, 6) is -1.14. The van der Waals surface area contributed by atoms with E-state index >= 15 is 0 Å². The van der Waals surface area contributed by atoms with Crippen LogP contribution in [0.1, 0.15) is 61.9 Å². The number of hydrogen-bond donors (Lipinski definition) is 4. The van der Waals surface area contributed by atoms with Gasteiger partial charge in [-0.25, -0.2) is 14.2 Å². The number of carbonyl (C=O) groups is 3. The van der Waals surface area contributed by atoms with E-state index in [2.05, 4.69) is 20.2 Å². The predicted octanol–water partition coefficient (Wildman–Crippen LogP) is 2.76. The maximum absolute atomic E-state index is 13.8. The Morgan fingerprint density at radius 3 is 2.53 bits per heavy atom. The lowest BCUT2D eigenvalue weighted by molar-refractivity contribution is -0.142. The topological polar surface area (TPSA) is 145 Å². The highest BCUT2D eigenvalue weighted by Crippen LogP contribution is 2.35. The van der Waals surface area contributed by atoms with Crippen molar-refractivity contribution in [3.63, 3.8) is 0 Å². The Bertz CT molecular complexity index is 1170. The van der Waals surface area contributed by atoms with E-state index in [4.69, 9.17) is 5.73 Å². The second-order valence-corrected chi connectivity index (χ2v) is 11.0. The van der Waals surface area contributed by atoms with Crippen molar-refractivity contribution in [2.45, 2.75) is 69.5 Å². The summed E-state index contributed by atoms with van der Waals surface area (Å²) in [5, 5.41) is 12.2. The monoisotopic (exact) mass is 528 g/mol. The maximum atomic E-state index is 13.8. The highest BCUT2D eigenvalue weighted by molar-refractivity contribution is 5.99. The molecule has 0 bridgehead atoms. The van der Waals surface area contributed by atoms with Gasteiger partial charge in [0.2, 0.25) is 11.8 Å². The maximum Gasteiger partial charge on any atom is 0.352 e. The number of halogens is 1. The summed E-state index contributed by atoms with van der Waals surface area (Å²) in [6, 6.07) is 3.57. The minimum Gasteiger partial charge on any atom is -0.477 e. The number of nitrogens with two attached hydrogens (primary N) is 1. The minimum absolute atomic E-state index is 0.00271. The van der Waals surface area contributed by atoms with Crippen LogP contribution in [-0.4, -0.2) is 87.1 Å². The van der Waals surface area contributed by atoms with Crippen LogP contribution in [0.25, 0.3) is 11.0 Å². The highest BCUT2D eigenvalue weighted by atomic mass is 19.1. The SMILES string of the molecule is N[C@H](CF)C1CCC(C(=O)N2CC[C@@H](N3CCCCC3)[C@H]2C(=O)Nc2ccc3[nH]c(C(=O)O)cc3n2)CC1. The van der Waals surface area contributed by atoms with Crippen LogP contribution in [0.3, 0.4) is 0 Å². The lowest BCUT2D eigenvalue weighted by atomic mass is 9.78. The Balaban J connectivity index is 1.34. The minimum atomic E-state index is -1.08. The average molecular weight is 529 g/mol. The summed E-state index contributed by atoms with van der Waals surface area (Å²) < 4.78 is 13.1. The van der Waals surface area contributed by atoms with E-state index in [1.165, 1.54) is 12.5 Å². The number of carbonyl (C=O) groups excluding carboxylic acids is 2. The molecule has 2 saturated heterocycles. The average Bonchev–Trinajstić information content (AvgIpc) is 3.58. The molecule has 38 heavy (non-hydrogen) atoms.